The number of aromatic nitrogens is 1. The molecule has 3 aromatic rings. The first-order valence-corrected chi connectivity index (χ1v) is 10.3. The molecule has 2 aromatic carbocycles. The number of anilines is 1. The molecular weight excluding hydrogens is 438 g/mol. The molecule has 164 valence electrons. The molecule has 1 aliphatic heterocycles. The van der Waals surface area contributed by atoms with E-state index in [1.54, 1.807) is 24.2 Å². The van der Waals surface area contributed by atoms with Crippen LogP contribution in [0.1, 0.15) is 5.56 Å². The van der Waals surface area contributed by atoms with E-state index in [9.17, 15) is 4.79 Å². The lowest BCUT2D eigenvalue weighted by Crippen LogP contribution is -2.35. The second-order valence-corrected chi connectivity index (χ2v) is 8.08. The van der Waals surface area contributed by atoms with Crippen LogP contribution in [0.15, 0.2) is 42.5 Å². The maximum Gasteiger partial charge on any atom is 0.252 e. The molecule has 0 bridgehead atoms. The fourth-order valence-corrected chi connectivity index (χ4v) is 4.04. The summed E-state index contributed by atoms with van der Waals surface area (Å²) in [6, 6.07) is 11.3. The van der Waals surface area contributed by atoms with Crippen LogP contribution in [0.25, 0.3) is 16.3 Å². The maximum absolute atomic E-state index is 13.1. The summed E-state index contributed by atoms with van der Waals surface area (Å²) in [7, 11) is 5.60. The monoisotopic (exact) mass is 461 g/mol. The summed E-state index contributed by atoms with van der Waals surface area (Å²) in [5.41, 5.74) is 1.72. The molecule has 1 aromatic heterocycles. The zero-order chi connectivity index (χ0) is 21.1. The Hall–Kier alpha value is -2.81. The van der Waals surface area contributed by atoms with Crippen LogP contribution in [-0.2, 0) is 4.79 Å². The predicted molar refractivity (Wildman–Crippen MR) is 126 cm³/mol. The Balaban J connectivity index is 0.00000272. The number of fused-ring (bicyclic) bond motifs is 2. The summed E-state index contributed by atoms with van der Waals surface area (Å²) in [5, 5.41) is 0.667. The summed E-state index contributed by atoms with van der Waals surface area (Å²) in [6.07, 6.45) is 3.35. The van der Waals surface area contributed by atoms with E-state index in [1.165, 1.54) is 11.3 Å². The van der Waals surface area contributed by atoms with Gasteiger partial charge < -0.3 is 19.1 Å². The van der Waals surface area contributed by atoms with Gasteiger partial charge in [0.05, 0.1) is 17.3 Å². The predicted octanol–water partition coefficient (Wildman–Crippen LogP) is 4.06. The quantitative estimate of drug-likeness (QED) is 0.494. The first kappa shape index (κ1) is 22.9. The molecule has 0 aliphatic carbocycles. The molecule has 4 rings (SSSR count). The Morgan fingerprint density at radius 3 is 2.74 bits per heavy atom. The third-order valence-electron chi connectivity index (χ3n) is 4.67. The standard InChI is InChI=1S/C22H23N3O4S.ClH/c1-24(2)10-11-25(22-23-17-7-6-16(27-3)13-20(17)30-22)21(26)9-5-15-4-8-18-19(12-15)29-14-28-18;/h4-9,12-13H,10-11,14H2,1-3H3;1H. The van der Waals surface area contributed by atoms with Gasteiger partial charge in [-0.05, 0) is 56.1 Å². The first-order valence-electron chi connectivity index (χ1n) is 9.52. The summed E-state index contributed by atoms with van der Waals surface area (Å²) < 4.78 is 17.0. The van der Waals surface area contributed by atoms with E-state index in [0.717, 1.165) is 33.8 Å². The van der Waals surface area contributed by atoms with E-state index in [4.69, 9.17) is 14.2 Å². The van der Waals surface area contributed by atoms with Crippen molar-refractivity contribution < 1.29 is 19.0 Å². The molecule has 9 heteroatoms. The van der Waals surface area contributed by atoms with E-state index in [0.29, 0.717) is 17.4 Å². The third-order valence-corrected chi connectivity index (χ3v) is 5.71. The number of hydrogen-bond donors (Lipinski definition) is 0. The van der Waals surface area contributed by atoms with Crippen LogP contribution in [0.5, 0.6) is 17.2 Å². The largest absolute Gasteiger partial charge is 0.497 e. The number of rotatable bonds is 7. The molecular formula is C22H24ClN3O4S. The van der Waals surface area contributed by atoms with Gasteiger partial charge in [-0.15, -0.1) is 12.4 Å². The first-order chi connectivity index (χ1) is 14.5. The van der Waals surface area contributed by atoms with Gasteiger partial charge in [-0.3, -0.25) is 9.69 Å². The Morgan fingerprint density at radius 2 is 1.97 bits per heavy atom. The number of ether oxygens (including phenoxy) is 3. The highest BCUT2D eigenvalue weighted by atomic mass is 35.5. The second kappa shape index (κ2) is 10.00. The molecule has 0 fully saturated rings. The second-order valence-electron chi connectivity index (χ2n) is 7.07. The van der Waals surface area contributed by atoms with E-state index in [1.807, 2.05) is 55.4 Å². The lowest BCUT2D eigenvalue weighted by molar-refractivity contribution is -0.114. The highest BCUT2D eigenvalue weighted by molar-refractivity contribution is 7.22. The number of amides is 1. The molecule has 0 N–H and O–H groups in total. The number of thiazole rings is 1. The molecule has 7 nitrogen and oxygen atoms in total. The van der Waals surface area contributed by atoms with Crippen molar-refractivity contribution >= 4 is 51.1 Å². The van der Waals surface area contributed by atoms with Gasteiger partial charge in [-0.1, -0.05) is 17.4 Å². The van der Waals surface area contributed by atoms with Crippen molar-refractivity contribution in [3.8, 4) is 17.2 Å². The van der Waals surface area contributed by atoms with Crippen molar-refractivity contribution in [2.45, 2.75) is 0 Å². The average molecular weight is 462 g/mol. The van der Waals surface area contributed by atoms with E-state index in [2.05, 4.69) is 4.98 Å². The van der Waals surface area contributed by atoms with Crippen molar-refractivity contribution in [2.75, 3.05) is 46.0 Å². The molecule has 0 atom stereocenters. The lowest BCUT2D eigenvalue weighted by Gasteiger charge is -2.20. The molecule has 2 heterocycles. The fourth-order valence-electron chi connectivity index (χ4n) is 3.01. The van der Waals surface area contributed by atoms with Crippen molar-refractivity contribution in [3.05, 3.63) is 48.0 Å². The van der Waals surface area contributed by atoms with Crippen LogP contribution in [0.2, 0.25) is 0 Å². The zero-order valence-corrected chi connectivity index (χ0v) is 19.2. The topological polar surface area (TPSA) is 64.1 Å². The number of carbonyl (C=O) groups is 1. The molecule has 1 aliphatic rings. The van der Waals surface area contributed by atoms with E-state index >= 15 is 0 Å². The highest BCUT2D eigenvalue weighted by Gasteiger charge is 2.19. The molecule has 0 saturated carbocycles. The SMILES string of the molecule is COc1ccc2nc(N(CCN(C)C)C(=O)C=Cc3ccc4c(c3)OCO4)sc2c1.Cl. The highest BCUT2D eigenvalue weighted by Crippen LogP contribution is 2.33. The lowest BCUT2D eigenvalue weighted by atomic mass is 10.2. The van der Waals surface area contributed by atoms with E-state index in [-0.39, 0.29) is 25.1 Å². The van der Waals surface area contributed by atoms with Gasteiger partial charge in [-0.25, -0.2) is 4.98 Å². The van der Waals surface area contributed by atoms with Gasteiger partial charge in [0.1, 0.15) is 5.75 Å². The number of benzene rings is 2. The number of nitrogens with zero attached hydrogens (tertiary/aromatic N) is 3. The number of carbonyl (C=O) groups excluding carboxylic acids is 1. The van der Waals surface area contributed by atoms with Crippen LogP contribution in [0.3, 0.4) is 0 Å². The Labute approximate surface area is 191 Å². The molecule has 0 radical (unpaired) electrons. The van der Waals surface area contributed by atoms with Crippen molar-refractivity contribution in [3.63, 3.8) is 0 Å². The van der Waals surface area contributed by atoms with Crippen LogP contribution in [-0.4, -0.2) is 56.9 Å². The van der Waals surface area contributed by atoms with Crippen molar-refractivity contribution in [1.29, 1.82) is 0 Å². The van der Waals surface area contributed by atoms with Gasteiger partial charge in [-0.2, -0.15) is 0 Å². The Morgan fingerprint density at radius 1 is 1.16 bits per heavy atom. The minimum absolute atomic E-state index is 0. The molecule has 1 amide bonds. The zero-order valence-electron chi connectivity index (χ0n) is 17.5. The summed E-state index contributed by atoms with van der Waals surface area (Å²) >= 11 is 1.48. The minimum Gasteiger partial charge on any atom is -0.497 e. The molecule has 31 heavy (non-hydrogen) atoms. The van der Waals surface area contributed by atoms with Crippen molar-refractivity contribution in [1.82, 2.24) is 9.88 Å². The average Bonchev–Trinajstić information content (AvgIpc) is 3.37. The third kappa shape index (κ3) is 5.28. The number of hydrogen-bond acceptors (Lipinski definition) is 7. The van der Waals surface area contributed by atoms with Crippen LogP contribution < -0.4 is 19.1 Å². The Kier molecular flexibility index (Phi) is 7.37. The van der Waals surface area contributed by atoms with Gasteiger partial charge in [0.2, 0.25) is 6.79 Å². The number of halogens is 1. The van der Waals surface area contributed by atoms with Gasteiger partial charge in [0.25, 0.3) is 5.91 Å². The number of likely N-dealkylation sites (N-methyl/N-ethyl adjacent to an activating group) is 1. The minimum atomic E-state index is -0.125. The molecule has 0 spiro atoms. The maximum atomic E-state index is 13.1. The van der Waals surface area contributed by atoms with Gasteiger partial charge in [0.15, 0.2) is 16.6 Å². The van der Waals surface area contributed by atoms with Gasteiger partial charge in [0, 0.05) is 19.2 Å². The Bertz CT molecular complexity index is 1100. The normalized spacial score (nSPS) is 12.4. The summed E-state index contributed by atoms with van der Waals surface area (Å²) in [5.74, 6) is 2.05. The molecule has 0 unspecified atom stereocenters. The fraction of sp³-hybridized carbons (Fsp3) is 0.273. The summed E-state index contributed by atoms with van der Waals surface area (Å²) in [4.78, 5) is 21.5. The van der Waals surface area contributed by atoms with Crippen LogP contribution in [0.4, 0.5) is 5.13 Å². The van der Waals surface area contributed by atoms with Gasteiger partial charge >= 0.3 is 0 Å². The van der Waals surface area contributed by atoms with Crippen molar-refractivity contribution in [2.24, 2.45) is 0 Å². The smallest absolute Gasteiger partial charge is 0.252 e. The van der Waals surface area contributed by atoms with E-state index < -0.39 is 0 Å². The van der Waals surface area contributed by atoms with Crippen LogP contribution in [0, 0.1) is 0 Å². The number of methoxy groups -OCH3 is 1. The molecule has 0 saturated heterocycles. The summed E-state index contributed by atoms with van der Waals surface area (Å²) in [6.45, 7) is 1.49. The van der Waals surface area contributed by atoms with Crippen LogP contribution >= 0.6 is 23.7 Å².